The van der Waals surface area contributed by atoms with Gasteiger partial charge in [-0.05, 0) is 18.6 Å². The smallest absolute Gasteiger partial charge is 0.325 e. The van der Waals surface area contributed by atoms with Crippen molar-refractivity contribution >= 4 is 33.4 Å². The van der Waals surface area contributed by atoms with Crippen molar-refractivity contribution < 1.29 is 14.3 Å². The Hall–Kier alpha value is -1.95. The van der Waals surface area contributed by atoms with Gasteiger partial charge < -0.3 is 9.30 Å². The van der Waals surface area contributed by atoms with E-state index in [9.17, 15) is 9.59 Å². The Morgan fingerprint density at radius 2 is 2.00 bits per heavy atom. The molecule has 0 aliphatic heterocycles. The molecule has 0 unspecified atom stereocenters. The quantitative estimate of drug-likeness (QED) is 0.799. The maximum Gasteiger partial charge on any atom is 0.325 e. The third kappa shape index (κ3) is 3.27. The summed E-state index contributed by atoms with van der Waals surface area (Å²) in [6.45, 7) is 7.47. The summed E-state index contributed by atoms with van der Waals surface area (Å²) in [5.41, 5.74) is 1.38. The van der Waals surface area contributed by atoms with Gasteiger partial charge in [0.2, 0.25) is 0 Å². The number of rotatable bonds is 2. The lowest BCUT2D eigenvalue weighted by atomic mass is 9.96. The Labute approximate surface area is 133 Å². The average Bonchev–Trinajstić information content (AvgIpc) is 2.76. The lowest BCUT2D eigenvalue weighted by Crippen LogP contribution is -2.26. The molecule has 22 heavy (non-hydrogen) atoms. The normalized spacial score (nSPS) is 12.7. The number of benzene rings is 1. The molecule has 0 atom stereocenters. The number of fused-ring (bicyclic) bond motifs is 1. The van der Waals surface area contributed by atoms with E-state index < -0.39 is 5.41 Å². The first-order valence-corrected chi connectivity index (χ1v) is 7.80. The van der Waals surface area contributed by atoms with Gasteiger partial charge in [-0.25, -0.2) is 0 Å². The molecule has 1 amide bonds. The van der Waals surface area contributed by atoms with Crippen LogP contribution in [0.4, 0.5) is 0 Å². The Kier molecular flexibility index (Phi) is 4.51. The number of amides is 1. The van der Waals surface area contributed by atoms with Crippen LogP contribution in [0.3, 0.4) is 0 Å². The molecule has 0 fully saturated rings. The molecule has 1 heterocycles. The third-order valence-electron chi connectivity index (χ3n) is 3.26. The van der Waals surface area contributed by atoms with Crippen molar-refractivity contribution in [1.82, 2.24) is 4.57 Å². The Morgan fingerprint density at radius 3 is 2.59 bits per heavy atom. The highest BCUT2D eigenvalue weighted by Crippen LogP contribution is 2.22. The predicted octanol–water partition coefficient (Wildman–Crippen LogP) is 2.66. The number of ether oxygens (including phenoxy) is 1. The molecular weight excluding hydrogens is 300 g/mol. The summed E-state index contributed by atoms with van der Waals surface area (Å²) in [7, 11) is 1.35. The van der Waals surface area contributed by atoms with Crippen LogP contribution in [0.1, 0.15) is 26.3 Å². The molecule has 0 aliphatic carbocycles. The molecule has 2 rings (SSSR count). The van der Waals surface area contributed by atoms with Crippen molar-refractivity contribution in [2.75, 3.05) is 7.11 Å². The zero-order chi connectivity index (χ0) is 16.5. The van der Waals surface area contributed by atoms with Crippen LogP contribution in [0.2, 0.25) is 0 Å². The van der Waals surface area contributed by atoms with Gasteiger partial charge in [-0.3, -0.25) is 9.59 Å². The minimum atomic E-state index is -0.561. The molecule has 2 aromatic rings. The molecule has 0 spiro atoms. The zero-order valence-corrected chi connectivity index (χ0v) is 14.3. The highest BCUT2D eigenvalue weighted by Gasteiger charge is 2.21. The van der Waals surface area contributed by atoms with Gasteiger partial charge in [-0.1, -0.05) is 44.2 Å². The van der Waals surface area contributed by atoms with E-state index in [0.717, 1.165) is 15.8 Å². The van der Waals surface area contributed by atoms with Crippen LogP contribution in [0.15, 0.2) is 23.2 Å². The number of methoxy groups -OCH3 is 1. The van der Waals surface area contributed by atoms with Gasteiger partial charge in [0.15, 0.2) is 4.80 Å². The topological polar surface area (TPSA) is 60.7 Å². The second kappa shape index (κ2) is 6.04. The second-order valence-corrected chi connectivity index (χ2v) is 7.14. The van der Waals surface area contributed by atoms with Crippen molar-refractivity contribution in [2.24, 2.45) is 10.4 Å². The van der Waals surface area contributed by atoms with Crippen LogP contribution < -0.4 is 4.80 Å². The molecule has 1 aromatic carbocycles. The van der Waals surface area contributed by atoms with Crippen molar-refractivity contribution in [1.29, 1.82) is 0 Å². The molecule has 0 bridgehead atoms. The maximum absolute atomic E-state index is 12.2. The van der Waals surface area contributed by atoms with Crippen LogP contribution in [0.5, 0.6) is 0 Å². The van der Waals surface area contributed by atoms with Crippen LogP contribution >= 0.6 is 11.3 Å². The number of carbonyl (C=O) groups is 2. The Balaban J connectivity index is 2.70. The zero-order valence-electron chi connectivity index (χ0n) is 13.5. The highest BCUT2D eigenvalue weighted by atomic mass is 32.1. The van der Waals surface area contributed by atoms with E-state index in [0.29, 0.717) is 4.80 Å². The van der Waals surface area contributed by atoms with E-state index in [4.69, 9.17) is 4.74 Å². The Morgan fingerprint density at radius 1 is 1.32 bits per heavy atom. The Bertz CT molecular complexity index is 794. The van der Waals surface area contributed by atoms with Gasteiger partial charge in [0.1, 0.15) is 6.54 Å². The molecule has 0 N–H and O–H groups in total. The number of aromatic nitrogens is 1. The lowest BCUT2D eigenvalue weighted by molar-refractivity contribution is -0.141. The van der Waals surface area contributed by atoms with E-state index in [2.05, 4.69) is 4.99 Å². The number of para-hydroxylation sites is 1. The molecule has 5 nitrogen and oxygen atoms in total. The standard InChI is InChI=1S/C16H20N2O3S/c1-10-7-6-8-11-13(10)18(9-12(19)21-5)15(22-11)17-14(20)16(2,3)4/h6-8H,9H2,1-5H3. The fourth-order valence-electron chi connectivity index (χ4n) is 1.99. The van der Waals surface area contributed by atoms with Gasteiger partial charge in [0.25, 0.3) is 5.91 Å². The number of hydrogen-bond acceptors (Lipinski definition) is 4. The average molecular weight is 320 g/mol. The number of nitrogens with zero attached hydrogens (tertiary/aromatic N) is 2. The van der Waals surface area contributed by atoms with Gasteiger partial charge in [-0.2, -0.15) is 4.99 Å². The van der Waals surface area contributed by atoms with Gasteiger partial charge in [0.05, 0.1) is 17.3 Å². The SMILES string of the molecule is COC(=O)Cn1c(=NC(=O)C(C)(C)C)sc2cccc(C)c21. The summed E-state index contributed by atoms with van der Waals surface area (Å²) in [4.78, 5) is 28.7. The molecule has 0 saturated carbocycles. The van der Waals surface area contributed by atoms with Crippen LogP contribution in [0.25, 0.3) is 10.2 Å². The van der Waals surface area contributed by atoms with E-state index in [1.807, 2.05) is 45.9 Å². The first kappa shape index (κ1) is 16.4. The maximum atomic E-state index is 12.2. The first-order valence-electron chi connectivity index (χ1n) is 6.99. The number of thiazole rings is 1. The minimum absolute atomic E-state index is 0.0393. The summed E-state index contributed by atoms with van der Waals surface area (Å²) < 4.78 is 7.50. The predicted molar refractivity (Wildman–Crippen MR) is 86.6 cm³/mol. The molecule has 6 heteroatoms. The third-order valence-corrected chi connectivity index (χ3v) is 4.30. The largest absolute Gasteiger partial charge is 0.468 e. The fraction of sp³-hybridized carbons (Fsp3) is 0.438. The monoisotopic (exact) mass is 320 g/mol. The molecular formula is C16H20N2O3S. The number of hydrogen-bond donors (Lipinski definition) is 0. The molecule has 0 saturated heterocycles. The van der Waals surface area contributed by atoms with Gasteiger partial charge in [-0.15, -0.1) is 0 Å². The molecule has 118 valence electrons. The van der Waals surface area contributed by atoms with Crippen molar-refractivity contribution in [3.8, 4) is 0 Å². The fourth-order valence-corrected chi connectivity index (χ4v) is 3.09. The van der Waals surface area contributed by atoms with Crippen molar-refractivity contribution in [3.63, 3.8) is 0 Å². The summed E-state index contributed by atoms with van der Waals surface area (Å²) >= 11 is 1.40. The number of esters is 1. The minimum Gasteiger partial charge on any atom is -0.468 e. The summed E-state index contributed by atoms with van der Waals surface area (Å²) in [5, 5.41) is 0. The van der Waals surface area contributed by atoms with E-state index in [1.54, 1.807) is 4.57 Å². The first-order chi connectivity index (χ1) is 10.2. The number of carbonyl (C=O) groups excluding carboxylic acids is 2. The molecule has 0 radical (unpaired) electrons. The van der Waals surface area contributed by atoms with Crippen LogP contribution in [-0.4, -0.2) is 23.6 Å². The molecule has 1 aromatic heterocycles. The lowest BCUT2D eigenvalue weighted by Gasteiger charge is -2.12. The second-order valence-electron chi connectivity index (χ2n) is 6.14. The van der Waals surface area contributed by atoms with E-state index in [1.165, 1.54) is 18.4 Å². The number of aryl methyl sites for hydroxylation is 1. The van der Waals surface area contributed by atoms with Crippen molar-refractivity contribution in [2.45, 2.75) is 34.2 Å². The van der Waals surface area contributed by atoms with Crippen molar-refractivity contribution in [3.05, 3.63) is 28.6 Å². The highest BCUT2D eigenvalue weighted by molar-refractivity contribution is 7.16. The summed E-state index contributed by atoms with van der Waals surface area (Å²) in [6, 6.07) is 5.88. The van der Waals surface area contributed by atoms with E-state index >= 15 is 0 Å². The molecule has 0 aliphatic rings. The van der Waals surface area contributed by atoms with E-state index in [-0.39, 0.29) is 18.4 Å². The summed E-state index contributed by atoms with van der Waals surface area (Å²) in [5.74, 6) is -0.581. The van der Waals surface area contributed by atoms with Gasteiger partial charge >= 0.3 is 5.97 Å². The van der Waals surface area contributed by atoms with Gasteiger partial charge in [0, 0.05) is 5.41 Å². The van der Waals surface area contributed by atoms with Crippen LogP contribution in [0, 0.1) is 12.3 Å². The van der Waals surface area contributed by atoms with Crippen LogP contribution in [-0.2, 0) is 20.9 Å². The summed E-state index contributed by atoms with van der Waals surface area (Å²) in [6.07, 6.45) is 0.